The van der Waals surface area contributed by atoms with Crippen LogP contribution in [0.1, 0.15) is 48.3 Å². The van der Waals surface area contributed by atoms with Gasteiger partial charge in [0.1, 0.15) is 5.60 Å². The van der Waals surface area contributed by atoms with Crippen LogP contribution >= 0.6 is 0 Å². The fourth-order valence-electron chi connectivity index (χ4n) is 2.39. The first-order valence-electron chi connectivity index (χ1n) is 8.64. The maximum Gasteiger partial charge on any atom is 0.408 e. The minimum Gasteiger partial charge on any atom is -0.444 e. The Morgan fingerprint density at radius 3 is 2.19 bits per heavy atom. The van der Waals surface area contributed by atoms with Gasteiger partial charge in [-0.05, 0) is 45.4 Å². The molecule has 1 unspecified atom stereocenters. The van der Waals surface area contributed by atoms with Crippen molar-refractivity contribution in [2.45, 2.75) is 39.3 Å². The molecule has 5 nitrogen and oxygen atoms in total. The van der Waals surface area contributed by atoms with Crippen molar-refractivity contribution in [1.29, 1.82) is 0 Å². The summed E-state index contributed by atoms with van der Waals surface area (Å²) in [6, 6.07) is 16.4. The SMILES string of the molecule is Cc1ccc(C(=O)NCC(NC(=O)OC(C)(C)C)c2ccccc2)cc1. The molecule has 0 saturated carbocycles. The number of carbonyl (C=O) groups excluding carboxylic acids is 2. The summed E-state index contributed by atoms with van der Waals surface area (Å²) in [6.45, 7) is 7.66. The number of ether oxygens (including phenoxy) is 1. The highest BCUT2D eigenvalue weighted by Crippen LogP contribution is 2.14. The van der Waals surface area contributed by atoms with Gasteiger partial charge in [-0.25, -0.2) is 4.79 Å². The predicted molar refractivity (Wildman–Crippen MR) is 102 cm³/mol. The molecule has 0 saturated heterocycles. The van der Waals surface area contributed by atoms with E-state index in [0.717, 1.165) is 11.1 Å². The smallest absolute Gasteiger partial charge is 0.408 e. The van der Waals surface area contributed by atoms with Crippen LogP contribution in [0.5, 0.6) is 0 Å². The molecule has 2 rings (SSSR count). The Kier molecular flexibility index (Phi) is 6.39. The number of amides is 2. The molecule has 2 aromatic rings. The van der Waals surface area contributed by atoms with Crippen LogP contribution in [0.3, 0.4) is 0 Å². The number of benzene rings is 2. The molecule has 0 spiro atoms. The number of hydrogen-bond acceptors (Lipinski definition) is 3. The highest BCUT2D eigenvalue weighted by molar-refractivity contribution is 5.94. The van der Waals surface area contributed by atoms with E-state index in [1.165, 1.54) is 0 Å². The molecule has 5 heteroatoms. The number of hydrogen-bond donors (Lipinski definition) is 2. The van der Waals surface area contributed by atoms with E-state index in [-0.39, 0.29) is 18.5 Å². The molecule has 0 aromatic heterocycles. The average Bonchev–Trinajstić information content (AvgIpc) is 2.58. The topological polar surface area (TPSA) is 67.4 Å². The zero-order valence-corrected chi connectivity index (χ0v) is 15.7. The summed E-state index contributed by atoms with van der Waals surface area (Å²) >= 11 is 0. The first kappa shape index (κ1) is 19.5. The molecule has 0 aliphatic heterocycles. The van der Waals surface area contributed by atoms with Crippen molar-refractivity contribution in [2.75, 3.05) is 6.54 Å². The molecule has 0 radical (unpaired) electrons. The largest absolute Gasteiger partial charge is 0.444 e. The van der Waals surface area contributed by atoms with Gasteiger partial charge in [0.2, 0.25) is 0 Å². The van der Waals surface area contributed by atoms with Crippen molar-refractivity contribution >= 4 is 12.0 Å². The lowest BCUT2D eigenvalue weighted by molar-refractivity contribution is 0.0501. The molecule has 0 aliphatic rings. The quantitative estimate of drug-likeness (QED) is 0.853. The Morgan fingerprint density at radius 1 is 1.00 bits per heavy atom. The number of nitrogens with one attached hydrogen (secondary N) is 2. The third-order valence-electron chi connectivity index (χ3n) is 3.67. The van der Waals surface area contributed by atoms with Crippen molar-refractivity contribution in [3.63, 3.8) is 0 Å². The third kappa shape index (κ3) is 6.24. The molecule has 0 fully saturated rings. The van der Waals surface area contributed by atoms with Gasteiger partial charge in [0.05, 0.1) is 6.04 Å². The van der Waals surface area contributed by atoms with Crippen LogP contribution < -0.4 is 10.6 Å². The van der Waals surface area contributed by atoms with Crippen LogP contribution in [0.2, 0.25) is 0 Å². The summed E-state index contributed by atoms with van der Waals surface area (Å²) in [5.41, 5.74) is 1.98. The monoisotopic (exact) mass is 354 g/mol. The van der Waals surface area contributed by atoms with Crippen molar-refractivity contribution in [3.8, 4) is 0 Å². The van der Waals surface area contributed by atoms with Crippen molar-refractivity contribution in [3.05, 3.63) is 71.3 Å². The van der Waals surface area contributed by atoms with E-state index in [4.69, 9.17) is 4.74 Å². The van der Waals surface area contributed by atoms with E-state index in [1.807, 2.05) is 70.2 Å². The van der Waals surface area contributed by atoms with Gasteiger partial charge in [-0.15, -0.1) is 0 Å². The van der Waals surface area contributed by atoms with Crippen molar-refractivity contribution in [2.24, 2.45) is 0 Å². The van der Waals surface area contributed by atoms with E-state index in [9.17, 15) is 9.59 Å². The van der Waals surface area contributed by atoms with Gasteiger partial charge in [0.15, 0.2) is 0 Å². The van der Waals surface area contributed by atoms with Gasteiger partial charge >= 0.3 is 6.09 Å². The van der Waals surface area contributed by atoms with E-state index in [0.29, 0.717) is 5.56 Å². The summed E-state index contributed by atoms with van der Waals surface area (Å²) in [6.07, 6.45) is -0.518. The Hall–Kier alpha value is -2.82. The highest BCUT2D eigenvalue weighted by atomic mass is 16.6. The van der Waals surface area contributed by atoms with Gasteiger partial charge in [-0.1, -0.05) is 48.0 Å². The lowest BCUT2D eigenvalue weighted by Gasteiger charge is -2.24. The second kappa shape index (κ2) is 8.52. The zero-order chi connectivity index (χ0) is 19.2. The summed E-state index contributed by atoms with van der Waals surface area (Å²) in [4.78, 5) is 24.5. The molecule has 138 valence electrons. The summed E-state index contributed by atoms with van der Waals surface area (Å²) < 4.78 is 5.33. The summed E-state index contributed by atoms with van der Waals surface area (Å²) in [5, 5.41) is 5.71. The second-order valence-corrected chi connectivity index (χ2v) is 7.19. The summed E-state index contributed by atoms with van der Waals surface area (Å²) in [7, 11) is 0. The van der Waals surface area contributed by atoms with Crippen LogP contribution in [0, 0.1) is 6.92 Å². The highest BCUT2D eigenvalue weighted by Gasteiger charge is 2.21. The average molecular weight is 354 g/mol. The van der Waals surface area contributed by atoms with E-state index >= 15 is 0 Å². The normalized spacial score (nSPS) is 12.2. The Morgan fingerprint density at radius 2 is 1.62 bits per heavy atom. The van der Waals surface area contributed by atoms with Crippen LogP contribution in [-0.2, 0) is 4.74 Å². The molecule has 1 atom stereocenters. The van der Waals surface area contributed by atoms with E-state index in [2.05, 4.69) is 10.6 Å². The van der Waals surface area contributed by atoms with Crippen LogP contribution in [0.4, 0.5) is 4.79 Å². The molecular weight excluding hydrogens is 328 g/mol. The fourth-order valence-corrected chi connectivity index (χ4v) is 2.39. The third-order valence-corrected chi connectivity index (χ3v) is 3.67. The van der Waals surface area contributed by atoms with Crippen molar-refractivity contribution in [1.82, 2.24) is 10.6 Å². The fraction of sp³-hybridized carbons (Fsp3) is 0.333. The van der Waals surface area contributed by atoms with Gasteiger partial charge in [0.25, 0.3) is 5.91 Å². The first-order valence-corrected chi connectivity index (χ1v) is 8.64. The minimum absolute atomic E-state index is 0.183. The maximum atomic E-state index is 12.4. The Balaban J connectivity index is 2.05. The van der Waals surface area contributed by atoms with Gasteiger partial charge in [-0.3, -0.25) is 4.79 Å². The van der Waals surface area contributed by atoms with Crippen LogP contribution in [0.15, 0.2) is 54.6 Å². The molecule has 2 N–H and O–H groups in total. The maximum absolute atomic E-state index is 12.4. The number of rotatable bonds is 5. The first-order chi connectivity index (χ1) is 12.2. The number of carbonyl (C=O) groups is 2. The lowest BCUT2D eigenvalue weighted by atomic mass is 10.1. The van der Waals surface area contributed by atoms with E-state index in [1.54, 1.807) is 12.1 Å². The molecular formula is C21H26N2O3. The number of aryl methyl sites for hydroxylation is 1. The molecule has 2 amide bonds. The molecule has 0 heterocycles. The lowest BCUT2D eigenvalue weighted by Crippen LogP contribution is -2.40. The summed E-state index contributed by atoms with van der Waals surface area (Å²) in [5.74, 6) is -0.183. The van der Waals surface area contributed by atoms with Crippen LogP contribution in [-0.4, -0.2) is 24.1 Å². The molecule has 0 aliphatic carbocycles. The predicted octanol–water partition coefficient (Wildman–Crippen LogP) is 3.99. The standard InChI is InChI=1S/C21H26N2O3/c1-15-10-12-17(13-11-15)19(24)22-14-18(16-8-6-5-7-9-16)23-20(25)26-21(2,3)4/h5-13,18H,14H2,1-4H3,(H,22,24)(H,23,25). The van der Waals surface area contributed by atoms with Gasteiger partial charge in [-0.2, -0.15) is 0 Å². The van der Waals surface area contributed by atoms with E-state index < -0.39 is 11.7 Å². The van der Waals surface area contributed by atoms with Crippen LogP contribution in [0.25, 0.3) is 0 Å². The molecule has 0 bridgehead atoms. The zero-order valence-electron chi connectivity index (χ0n) is 15.7. The number of alkyl carbamates (subject to hydrolysis) is 1. The minimum atomic E-state index is -0.587. The Bertz CT molecular complexity index is 734. The molecule has 26 heavy (non-hydrogen) atoms. The molecule has 2 aromatic carbocycles. The Labute approximate surface area is 154 Å². The van der Waals surface area contributed by atoms with Gasteiger partial charge in [0, 0.05) is 12.1 Å². The van der Waals surface area contributed by atoms with Crippen molar-refractivity contribution < 1.29 is 14.3 Å². The second-order valence-electron chi connectivity index (χ2n) is 7.19. The van der Waals surface area contributed by atoms with Gasteiger partial charge < -0.3 is 15.4 Å².